The van der Waals surface area contributed by atoms with Crippen molar-refractivity contribution >= 4 is 34.1 Å². The average molecular weight is 180 g/mol. The van der Waals surface area contributed by atoms with Gasteiger partial charge in [0.2, 0.25) is 0 Å². The zero-order valence-electron chi connectivity index (χ0n) is 6.16. The summed E-state index contributed by atoms with van der Waals surface area (Å²) in [5.74, 6) is 0. The first-order valence-corrected chi connectivity index (χ1v) is 4.72. The molecule has 2 rings (SSSR count). The molecule has 2 heteroatoms. The van der Waals surface area contributed by atoms with E-state index in [2.05, 4.69) is 43.8 Å². The molecule has 0 fully saturated rings. The van der Waals surface area contributed by atoms with Crippen LogP contribution in [0, 0.1) is 6.92 Å². The predicted octanol–water partition coefficient (Wildman–Crippen LogP) is 3.50. The van der Waals surface area contributed by atoms with Crippen molar-refractivity contribution in [2.45, 2.75) is 11.1 Å². The lowest BCUT2D eigenvalue weighted by Gasteiger charge is -1.88. The van der Waals surface area contributed by atoms with Gasteiger partial charge in [-0.05, 0) is 23.9 Å². The van der Waals surface area contributed by atoms with Crippen molar-refractivity contribution in [3.63, 3.8) is 0 Å². The maximum atomic E-state index is 4.37. The molecule has 11 heavy (non-hydrogen) atoms. The topological polar surface area (TPSA) is 0 Å². The van der Waals surface area contributed by atoms with E-state index in [1.54, 1.807) is 11.3 Å². The molecule has 56 valence electrons. The first-order valence-electron chi connectivity index (χ1n) is 3.46. The van der Waals surface area contributed by atoms with Crippen LogP contribution in [0.3, 0.4) is 0 Å². The second-order valence-corrected chi connectivity index (χ2v) is 4.33. The molecule has 0 spiro atoms. The van der Waals surface area contributed by atoms with Gasteiger partial charge in [-0.2, -0.15) is 0 Å². The summed E-state index contributed by atoms with van der Waals surface area (Å²) in [5, 5.41) is 1.34. The van der Waals surface area contributed by atoms with Gasteiger partial charge >= 0.3 is 0 Å². The Labute approximate surface area is 75.3 Å². The number of hydrogen-bond acceptors (Lipinski definition) is 2. The molecule has 0 atom stereocenters. The molecule has 0 aliphatic carbocycles. The van der Waals surface area contributed by atoms with Gasteiger partial charge in [0, 0.05) is 4.70 Å². The summed E-state index contributed by atoms with van der Waals surface area (Å²) < 4.78 is 2.46. The number of rotatable bonds is 0. The standard InChI is InChI=1S/C9H8S2/c1-6-7-4-2-3-5-8(7)11-9(6)10/h2-5,10H,1H3. The highest BCUT2D eigenvalue weighted by Gasteiger charge is 2.02. The fourth-order valence-electron chi connectivity index (χ4n) is 1.16. The number of fused-ring (bicyclic) bond motifs is 1. The molecular formula is C9H8S2. The van der Waals surface area contributed by atoms with Crippen LogP contribution in [0.1, 0.15) is 5.56 Å². The van der Waals surface area contributed by atoms with Gasteiger partial charge in [0.1, 0.15) is 0 Å². The fourth-order valence-corrected chi connectivity index (χ4v) is 2.53. The zero-order valence-corrected chi connectivity index (χ0v) is 7.88. The number of hydrogen-bond donors (Lipinski definition) is 1. The van der Waals surface area contributed by atoms with Crippen LogP contribution in [0.25, 0.3) is 10.1 Å². The lowest BCUT2D eigenvalue weighted by Crippen LogP contribution is -1.65. The molecular weight excluding hydrogens is 172 g/mol. The van der Waals surface area contributed by atoms with Gasteiger partial charge in [-0.25, -0.2) is 0 Å². The molecule has 0 unspecified atom stereocenters. The van der Waals surface area contributed by atoms with E-state index in [-0.39, 0.29) is 0 Å². The quantitative estimate of drug-likeness (QED) is 0.589. The van der Waals surface area contributed by atoms with Crippen molar-refractivity contribution in [2.24, 2.45) is 0 Å². The van der Waals surface area contributed by atoms with Crippen molar-refractivity contribution in [3.8, 4) is 0 Å². The van der Waals surface area contributed by atoms with E-state index < -0.39 is 0 Å². The molecule has 0 saturated heterocycles. The Morgan fingerprint density at radius 1 is 1.27 bits per heavy atom. The minimum Gasteiger partial charge on any atom is -0.133 e. The minimum absolute atomic E-state index is 1.13. The molecule has 1 heterocycles. The van der Waals surface area contributed by atoms with E-state index in [1.165, 1.54) is 15.6 Å². The van der Waals surface area contributed by atoms with Crippen LogP contribution in [-0.4, -0.2) is 0 Å². The molecule has 0 radical (unpaired) electrons. The van der Waals surface area contributed by atoms with Crippen molar-refractivity contribution < 1.29 is 0 Å². The van der Waals surface area contributed by atoms with Crippen LogP contribution in [0.2, 0.25) is 0 Å². The number of benzene rings is 1. The van der Waals surface area contributed by atoms with Gasteiger partial charge in [-0.15, -0.1) is 24.0 Å². The normalized spacial score (nSPS) is 10.7. The third-order valence-corrected chi connectivity index (χ3v) is 3.50. The summed E-state index contributed by atoms with van der Waals surface area (Å²) in [6.45, 7) is 2.11. The van der Waals surface area contributed by atoms with Crippen LogP contribution in [-0.2, 0) is 0 Å². The summed E-state index contributed by atoms with van der Waals surface area (Å²) in [5.41, 5.74) is 1.30. The molecule has 2 aromatic rings. The largest absolute Gasteiger partial charge is 0.133 e. The number of aryl methyl sites for hydroxylation is 1. The molecule has 0 amide bonds. The maximum absolute atomic E-state index is 4.37. The lowest BCUT2D eigenvalue weighted by molar-refractivity contribution is 1.47. The Bertz CT molecular complexity index is 387. The molecule has 0 nitrogen and oxygen atoms in total. The molecule has 0 saturated carbocycles. The fraction of sp³-hybridized carbons (Fsp3) is 0.111. The lowest BCUT2D eigenvalue weighted by atomic mass is 10.2. The van der Waals surface area contributed by atoms with Crippen LogP contribution in [0.4, 0.5) is 0 Å². The summed E-state index contributed by atoms with van der Waals surface area (Å²) in [6.07, 6.45) is 0. The summed E-state index contributed by atoms with van der Waals surface area (Å²) in [4.78, 5) is 0. The van der Waals surface area contributed by atoms with Crippen LogP contribution in [0.5, 0.6) is 0 Å². The van der Waals surface area contributed by atoms with Gasteiger partial charge in [-0.1, -0.05) is 18.2 Å². The van der Waals surface area contributed by atoms with E-state index in [0.717, 1.165) is 4.21 Å². The first kappa shape index (κ1) is 7.19. The summed E-state index contributed by atoms with van der Waals surface area (Å²) in [7, 11) is 0. The Morgan fingerprint density at radius 3 is 2.73 bits per heavy atom. The monoisotopic (exact) mass is 180 g/mol. The van der Waals surface area contributed by atoms with Gasteiger partial charge in [0.05, 0.1) is 4.21 Å². The first-order chi connectivity index (χ1) is 5.29. The highest BCUT2D eigenvalue weighted by Crippen LogP contribution is 2.32. The van der Waals surface area contributed by atoms with Gasteiger partial charge < -0.3 is 0 Å². The molecule has 1 aromatic carbocycles. The van der Waals surface area contributed by atoms with E-state index >= 15 is 0 Å². The number of thiophene rings is 1. The van der Waals surface area contributed by atoms with Gasteiger partial charge in [-0.3, -0.25) is 0 Å². The zero-order chi connectivity index (χ0) is 7.84. The third-order valence-electron chi connectivity index (χ3n) is 1.82. The van der Waals surface area contributed by atoms with Crippen LogP contribution in [0.15, 0.2) is 28.5 Å². The van der Waals surface area contributed by atoms with Crippen molar-refractivity contribution in [3.05, 3.63) is 29.8 Å². The van der Waals surface area contributed by atoms with Crippen LogP contribution < -0.4 is 0 Å². The molecule has 0 aliphatic rings. The third kappa shape index (κ3) is 1.06. The SMILES string of the molecule is Cc1c(S)sc2ccccc12. The second kappa shape index (κ2) is 2.54. The highest BCUT2D eigenvalue weighted by atomic mass is 32.2. The van der Waals surface area contributed by atoms with Crippen LogP contribution >= 0.6 is 24.0 Å². The predicted molar refractivity (Wildman–Crippen MR) is 53.8 cm³/mol. The molecule has 1 aromatic heterocycles. The molecule has 0 aliphatic heterocycles. The second-order valence-electron chi connectivity index (χ2n) is 2.53. The van der Waals surface area contributed by atoms with E-state index in [1.807, 2.05) is 0 Å². The Kier molecular flexibility index (Phi) is 1.66. The van der Waals surface area contributed by atoms with Crippen molar-refractivity contribution in [1.29, 1.82) is 0 Å². The van der Waals surface area contributed by atoms with Gasteiger partial charge in [0.25, 0.3) is 0 Å². The van der Waals surface area contributed by atoms with Crippen molar-refractivity contribution in [1.82, 2.24) is 0 Å². The summed E-state index contributed by atoms with van der Waals surface area (Å²) >= 11 is 6.12. The Balaban J connectivity index is 2.92. The van der Waals surface area contributed by atoms with E-state index in [0.29, 0.717) is 0 Å². The summed E-state index contributed by atoms with van der Waals surface area (Å²) in [6, 6.07) is 8.40. The highest BCUT2D eigenvalue weighted by molar-refractivity contribution is 7.83. The van der Waals surface area contributed by atoms with Gasteiger partial charge in [0.15, 0.2) is 0 Å². The minimum atomic E-state index is 1.13. The average Bonchev–Trinajstić information content (AvgIpc) is 2.30. The molecule has 0 bridgehead atoms. The van der Waals surface area contributed by atoms with Crippen molar-refractivity contribution in [2.75, 3.05) is 0 Å². The maximum Gasteiger partial charge on any atom is 0.0609 e. The van der Waals surface area contributed by atoms with E-state index in [4.69, 9.17) is 0 Å². The van der Waals surface area contributed by atoms with E-state index in [9.17, 15) is 0 Å². The Morgan fingerprint density at radius 2 is 2.00 bits per heavy atom. The molecule has 0 N–H and O–H groups in total. The smallest absolute Gasteiger partial charge is 0.0609 e. The number of thiol groups is 1. The Hall–Kier alpha value is -0.470.